The summed E-state index contributed by atoms with van der Waals surface area (Å²) in [7, 11) is 0. The Bertz CT molecular complexity index is 1870. The van der Waals surface area contributed by atoms with E-state index in [2.05, 4.69) is 42.2 Å². The van der Waals surface area contributed by atoms with Gasteiger partial charge in [-0.3, -0.25) is 23.4 Å². The number of thioether (sulfide) groups is 1. The zero-order valence-corrected chi connectivity index (χ0v) is 27.7. The Hall–Kier alpha value is -1.85. The van der Waals surface area contributed by atoms with E-state index in [4.69, 9.17) is 53.4 Å². The number of thiol groups is 1. The lowest BCUT2D eigenvalue weighted by atomic mass is 10.1. The van der Waals surface area contributed by atoms with E-state index in [1.165, 1.54) is 28.1 Å². The number of aliphatic hydroxyl groups is 2. The maximum atomic E-state index is 15.8. The average molecular weight is 743 g/mol. The van der Waals surface area contributed by atoms with E-state index >= 15 is 4.39 Å². The number of nitrogens with one attached hydrogen (secondary N) is 1. The molecular weight excluding hydrogens is 717 g/mol. The van der Waals surface area contributed by atoms with Gasteiger partial charge in [0, 0.05) is 0 Å². The van der Waals surface area contributed by atoms with Gasteiger partial charge in [0.15, 0.2) is 35.0 Å². The summed E-state index contributed by atoms with van der Waals surface area (Å²) in [6, 6.07) is 0. The normalized spacial score (nSPS) is 30.7. The number of aromatic amines is 1. The minimum Gasteiger partial charge on any atom is -0.395 e. The van der Waals surface area contributed by atoms with Crippen molar-refractivity contribution in [3.05, 3.63) is 29.3 Å². The van der Waals surface area contributed by atoms with Crippen molar-refractivity contribution in [3.8, 4) is 0 Å². The number of nitrogens with zero attached hydrogens (tertiary/aromatic N) is 7. The molecule has 2 aliphatic heterocycles. The number of rotatable bonds is 10. The molecule has 4 aromatic rings. The summed E-state index contributed by atoms with van der Waals surface area (Å²) in [6.45, 7) is -5.18. The third kappa shape index (κ3) is 6.39. The molecule has 25 heteroatoms. The van der Waals surface area contributed by atoms with Gasteiger partial charge < -0.3 is 40.4 Å². The Kier molecular flexibility index (Phi) is 9.54. The molecule has 45 heavy (non-hydrogen) atoms. The second-order valence-electron chi connectivity index (χ2n) is 9.79. The lowest BCUT2D eigenvalue weighted by Crippen LogP contribution is -2.35. The van der Waals surface area contributed by atoms with Crippen LogP contribution < -0.4 is 17.0 Å². The number of H-pyrrole nitrogens is 1. The van der Waals surface area contributed by atoms with Crippen LogP contribution in [0.5, 0.6) is 0 Å². The summed E-state index contributed by atoms with van der Waals surface area (Å²) >= 11 is 15.6. The molecule has 8 N–H and O–H groups in total. The van der Waals surface area contributed by atoms with Crippen LogP contribution in [0.1, 0.15) is 11.6 Å². The molecule has 18 nitrogen and oxygen atoms in total. The highest BCUT2D eigenvalue weighted by Gasteiger charge is 2.50. The fourth-order valence-corrected chi connectivity index (χ4v) is 9.19. The molecule has 0 bridgehead atoms. The van der Waals surface area contributed by atoms with Crippen LogP contribution in [0.3, 0.4) is 0 Å². The molecule has 2 unspecified atom stereocenters. The Labute approximate surface area is 272 Å². The van der Waals surface area contributed by atoms with Gasteiger partial charge in [0.2, 0.25) is 5.95 Å². The SMILES string of the molecule is Nc1nc2c(ncn2[C@@H]2S[C@H](CO)[C@@H](O)[C@H]2OP(O)(=S)OC[C@H]2O[C@@H](n3cnc4c(N)ncnc43)[C@@H](F)[C@@H]2O[PH](=S)S)c(=O)[nH]1. The topological polar surface area (TPSA) is 257 Å². The minimum absolute atomic E-state index is 0.0309. The van der Waals surface area contributed by atoms with Gasteiger partial charge >= 0.3 is 6.72 Å². The second kappa shape index (κ2) is 13.0. The molecule has 2 saturated heterocycles. The van der Waals surface area contributed by atoms with E-state index in [0.717, 1.165) is 11.8 Å². The van der Waals surface area contributed by atoms with E-state index in [1.807, 2.05) is 0 Å². The Morgan fingerprint density at radius 3 is 2.67 bits per heavy atom. The first-order valence-corrected chi connectivity index (χ1v) is 20.2. The number of nitrogens with two attached hydrogens (primary N) is 2. The van der Waals surface area contributed by atoms with Crippen LogP contribution in [-0.2, 0) is 41.9 Å². The lowest BCUT2D eigenvalue weighted by molar-refractivity contribution is -0.0445. The maximum Gasteiger partial charge on any atom is 0.325 e. The molecule has 0 amide bonds. The predicted octanol–water partition coefficient (Wildman–Crippen LogP) is -0.234. The van der Waals surface area contributed by atoms with Crippen LogP contribution in [-0.4, -0.2) is 103 Å². The molecule has 0 saturated carbocycles. The molecule has 0 aliphatic carbocycles. The summed E-state index contributed by atoms with van der Waals surface area (Å²) in [5.74, 6) is -0.0834. The van der Waals surface area contributed by atoms with Crippen molar-refractivity contribution in [1.29, 1.82) is 0 Å². The first-order valence-electron chi connectivity index (χ1n) is 12.8. The fraction of sp³-hybridized carbons (Fsp3) is 0.500. The summed E-state index contributed by atoms with van der Waals surface area (Å²) in [4.78, 5) is 46.1. The van der Waals surface area contributed by atoms with E-state index in [1.54, 1.807) is 0 Å². The van der Waals surface area contributed by atoms with Gasteiger partial charge in [0.25, 0.3) is 5.56 Å². The van der Waals surface area contributed by atoms with Gasteiger partial charge in [-0.05, 0) is 11.8 Å². The van der Waals surface area contributed by atoms with Crippen molar-refractivity contribution in [2.45, 2.75) is 47.4 Å². The zero-order chi connectivity index (χ0) is 32.2. The van der Waals surface area contributed by atoms with Crippen LogP contribution in [0, 0.1) is 0 Å². The summed E-state index contributed by atoms with van der Waals surface area (Å²) in [5.41, 5.74) is 11.5. The molecular formula is C20H25FN10O8P2S4. The number of fused-ring (bicyclic) bond motifs is 2. The molecule has 2 fully saturated rings. The number of anilines is 2. The predicted molar refractivity (Wildman–Crippen MR) is 171 cm³/mol. The number of imidazole rings is 2. The van der Waals surface area contributed by atoms with Crippen LogP contribution in [0.15, 0.2) is 23.8 Å². The number of aliphatic hydroxyl groups excluding tert-OH is 2. The van der Waals surface area contributed by atoms with Gasteiger partial charge in [0.05, 0.1) is 37.2 Å². The van der Waals surface area contributed by atoms with Crippen LogP contribution in [0.25, 0.3) is 22.3 Å². The van der Waals surface area contributed by atoms with Crippen molar-refractivity contribution in [2.24, 2.45) is 0 Å². The molecule has 6 heterocycles. The molecule has 6 rings (SSSR count). The monoisotopic (exact) mass is 742 g/mol. The van der Waals surface area contributed by atoms with Gasteiger partial charge in [-0.2, -0.15) is 4.98 Å². The summed E-state index contributed by atoms with van der Waals surface area (Å²) in [6.07, 6.45) is -6.55. The van der Waals surface area contributed by atoms with Gasteiger partial charge in [-0.15, -0.1) is 24.0 Å². The Morgan fingerprint density at radius 2 is 1.93 bits per heavy atom. The van der Waals surface area contributed by atoms with Gasteiger partial charge in [-0.25, -0.2) is 24.3 Å². The highest BCUT2D eigenvalue weighted by Crippen LogP contribution is 2.54. The van der Waals surface area contributed by atoms with E-state index in [0.29, 0.717) is 0 Å². The first-order chi connectivity index (χ1) is 21.4. The quantitative estimate of drug-likeness (QED) is 0.0818. The van der Waals surface area contributed by atoms with Crippen molar-refractivity contribution in [1.82, 2.24) is 39.0 Å². The molecule has 4 aromatic heterocycles. The zero-order valence-electron chi connectivity index (χ0n) is 22.4. The average Bonchev–Trinajstić information content (AvgIpc) is 3.73. The maximum absolute atomic E-state index is 15.8. The van der Waals surface area contributed by atoms with Crippen LogP contribution in [0.4, 0.5) is 16.2 Å². The highest BCUT2D eigenvalue weighted by atomic mass is 32.9. The Balaban J connectivity index is 1.22. The molecule has 2 aliphatic rings. The standard InChI is InChI=1S/C20H25FN10O8P2S4/c21-8-12(38-40(42)43)6(37-18(8)30-4-26-9-14(22)24-3-25-15(9)30)2-36-41(35,44)39-13-11(33)7(1-32)45-19(13)31-5-27-10-16(31)28-20(23)29-17(10)34/h3-8,11-13,18-19,32-33,40H,1-2H2,(H,35,44)(H,42,43)(H2,22,24,25)(H3,23,28,29,34)/t6-,7-,8+,11-,12-,13-,18-,19-,41?/m1/s1. The lowest BCUT2D eigenvalue weighted by Gasteiger charge is -2.28. The van der Waals surface area contributed by atoms with E-state index in [9.17, 15) is 19.9 Å². The van der Waals surface area contributed by atoms with Crippen molar-refractivity contribution in [3.63, 3.8) is 0 Å². The Morgan fingerprint density at radius 1 is 1.20 bits per heavy atom. The fourth-order valence-electron chi connectivity index (χ4n) is 5.05. The summed E-state index contributed by atoms with van der Waals surface area (Å²) < 4.78 is 41.5. The third-order valence-electron chi connectivity index (χ3n) is 7.04. The van der Waals surface area contributed by atoms with E-state index in [-0.39, 0.29) is 34.1 Å². The number of nitrogen functional groups attached to an aromatic ring is 2. The number of aromatic nitrogens is 8. The molecule has 0 radical (unpaired) electrons. The van der Waals surface area contributed by atoms with E-state index < -0.39 is 79.1 Å². The minimum atomic E-state index is -4.21. The molecule has 0 spiro atoms. The number of hydrogen-bond acceptors (Lipinski definition) is 17. The summed E-state index contributed by atoms with van der Waals surface area (Å²) in [5, 5.41) is 19.2. The van der Waals surface area contributed by atoms with Crippen molar-refractivity contribution < 1.29 is 37.8 Å². The van der Waals surface area contributed by atoms with Crippen molar-refractivity contribution >= 4 is 94.6 Å². The van der Waals surface area contributed by atoms with Gasteiger partial charge in [0.1, 0.15) is 41.7 Å². The number of hydrogen-bond donors (Lipinski definition) is 7. The number of alkyl halides is 1. The van der Waals surface area contributed by atoms with Crippen molar-refractivity contribution in [2.75, 3.05) is 24.7 Å². The number of halogens is 1. The smallest absolute Gasteiger partial charge is 0.325 e. The van der Waals surface area contributed by atoms with Crippen LogP contribution >= 0.6 is 36.9 Å². The molecule has 244 valence electrons. The molecule has 10 atom stereocenters. The first kappa shape index (κ1) is 33.1. The van der Waals surface area contributed by atoms with Crippen LogP contribution in [0.2, 0.25) is 0 Å². The second-order valence-corrected chi connectivity index (χ2v) is 17.9. The largest absolute Gasteiger partial charge is 0.395 e. The number of ether oxygens (including phenoxy) is 1. The van der Waals surface area contributed by atoms with Gasteiger partial charge in [-0.1, -0.05) is 11.8 Å². The molecule has 0 aromatic carbocycles. The highest BCUT2D eigenvalue weighted by molar-refractivity contribution is 8.54. The third-order valence-corrected chi connectivity index (χ3v) is 11.2.